The number of imidazole rings is 1. The number of carbonyl (C=O) groups is 3. The summed E-state index contributed by atoms with van der Waals surface area (Å²) in [7, 11) is 1.67. The fraction of sp³-hybridized carbons (Fsp3) is 0.533. The van der Waals surface area contributed by atoms with E-state index in [0.717, 1.165) is 20.4 Å². The second-order valence-electron chi connectivity index (χ2n) is 11.2. The van der Waals surface area contributed by atoms with Crippen molar-refractivity contribution in [2.45, 2.75) is 63.8 Å². The fourth-order valence-corrected chi connectivity index (χ4v) is 9.09. The number of methoxy groups -OCH3 is 1. The number of nitrogens with zero attached hydrogens (tertiary/aromatic N) is 4. The number of thioether (sulfide) groups is 1. The lowest BCUT2D eigenvalue weighted by atomic mass is 9.79. The fourth-order valence-electron chi connectivity index (χ4n) is 6.36. The molecule has 0 unspecified atom stereocenters. The van der Waals surface area contributed by atoms with Gasteiger partial charge >= 0.3 is 12.1 Å². The van der Waals surface area contributed by atoms with Crippen LogP contribution in [-0.2, 0) is 37.0 Å². The van der Waals surface area contributed by atoms with Crippen molar-refractivity contribution in [3.8, 4) is 0 Å². The molecule has 44 heavy (non-hydrogen) atoms. The van der Waals surface area contributed by atoms with Gasteiger partial charge in [0.25, 0.3) is 5.82 Å². The third-order valence-corrected chi connectivity index (χ3v) is 10.9. The molecular formula is C30H39IN4O7S2. The molecule has 1 N–H and O–H groups in total. The van der Waals surface area contributed by atoms with Crippen molar-refractivity contribution in [2.24, 2.45) is 11.8 Å². The Morgan fingerprint density at radius 2 is 1.98 bits per heavy atom. The Morgan fingerprint density at radius 1 is 1.27 bits per heavy atom. The van der Waals surface area contributed by atoms with Gasteiger partial charge in [0, 0.05) is 49.1 Å². The van der Waals surface area contributed by atoms with Gasteiger partial charge < -0.3 is 53.1 Å². The SMILES string of the molecule is C=CCOC(=O)C1=C(S[C@H]2C[C@@H](Cc3cn4c(C)[n+](COC)cc4s3)N(C(=O)OCC=C)C2)[C@H](C)[C@@H]2[C@@H]([C@@H](C)O)C(=O)N12.[I-]. The van der Waals surface area contributed by atoms with Crippen LogP contribution in [0.3, 0.4) is 0 Å². The molecule has 6 atom stereocenters. The van der Waals surface area contributed by atoms with Gasteiger partial charge in [0.15, 0.2) is 12.9 Å². The number of carbonyl (C=O) groups excluding carboxylic acids is 3. The maximum absolute atomic E-state index is 13.2. The van der Waals surface area contributed by atoms with Crippen LogP contribution < -0.4 is 28.5 Å². The van der Waals surface area contributed by atoms with Crippen LogP contribution in [0.1, 0.15) is 31.0 Å². The van der Waals surface area contributed by atoms with Gasteiger partial charge in [-0.3, -0.25) is 4.79 Å². The quantitative estimate of drug-likeness (QED) is 0.106. The number of thiazole rings is 1. The summed E-state index contributed by atoms with van der Waals surface area (Å²) in [6, 6.07) is -0.437. The lowest BCUT2D eigenvalue weighted by molar-refractivity contribution is -0.735. The standard InChI is InChI=1S/C30H39N4O7S2.HI/c1-7-9-40-29(37)26-27(17(3)25-24(18(4)35)28(36)34(25)26)43-22-12-20(33(14-22)30(38)41-10-8-2)11-21-13-32-19(5)31(16-39-6)15-23(32)42-21;/h7-8,13,15,17-18,20,22,24-25,35H,1-2,9-12,14,16H2,3-6H3;1H/q+1;/p-1/t17-,18-,20-,22+,24-,25-;/m1./s1. The molecule has 2 aromatic heterocycles. The number of ether oxygens (including phenoxy) is 3. The number of fused-ring (bicyclic) bond motifs is 2. The van der Waals surface area contributed by atoms with Gasteiger partial charge in [0.05, 0.1) is 22.9 Å². The maximum Gasteiger partial charge on any atom is 0.410 e. The summed E-state index contributed by atoms with van der Waals surface area (Å²) in [5.41, 5.74) is 0.240. The number of hydrogen-bond acceptors (Lipinski definition) is 9. The third-order valence-electron chi connectivity index (χ3n) is 8.34. The first kappa shape index (κ1) is 34.5. The summed E-state index contributed by atoms with van der Waals surface area (Å²) in [6.45, 7) is 13.9. The van der Waals surface area contributed by atoms with Crippen LogP contribution >= 0.6 is 23.1 Å². The van der Waals surface area contributed by atoms with Gasteiger partial charge in [-0.25, -0.2) is 14.2 Å². The molecule has 3 aliphatic rings. The zero-order chi connectivity index (χ0) is 31.0. The molecule has 240 valence electrons. The van der Waals surface area contributed by atoms with E-state index in [0.29, 0.717) is 26.1 Å². The van der Waals surface area contributed by atoms with E-state index < -0.39 is 24.1 Å². The minimum Gasteiger partial charge on any atom is -1.00 e. The predicted molar refractivity (Wildman–Crippen MR) is 162 cm³/mol. The molecule has 0 aromatic carbocycles. The van der Waals surface area contributed by atoms with Gasteiger partial charge in [-0.05, 0) is 13.3 Å². The van der Waals surface area contributed by atoms with Gasteiger partial charge in [-0.1, -0.05) is 43.6 Å². The number of likely N-dealkylation sites (tertiary alicyclic amines) is 1. The number of hydrogen-bond donors (Lipinski definition) is 1. The van der Waals surface area contributed by atoms with E-state index in [1.165, 1.54) is 22.7 Å². The van der Waals surface area contributed by atoms with Crippen molar-refractivity contribution in [1.29, 1.82) is 0 Å². The van der Waals surface area contributed by atoms with E-state index in [1.807, 2.05) is 18.4 Å². The number of aliphatic hydroxyl groups excluding tert-OH is 1. The number of aryl methyl sites for hydroxylation is 1. The predicted octanol–water partition coefficient (Wildman–Crippen LogP) is 0.0441. The minimum atomic E-state index is -0.832. The highest BCUT2D eigenvalue weighted by atomic mass is 127. The monoisotopic (exact) mass is 758 g/mol. The summed E-state index contributed by atoms with van der Waals surface area (Å²) < 4.78 is 20.3. The number of amides is 2. The van der Waals surface area contributed by atoms with Gasteiger partial charge in [0.1, 0.15) is 25.1 Å². The van der Waals surface area contributed by atoms with E-state index in [-0.39, 0.29) is 72.0 Å². The smallest absolute Gasteiger partial charge is 0.410 e. The summed E-state index contributed by atoms with van der Waals surface area (Å²) in [5.74, 6) is -0.555. The Morgan fingerprint density at radius 3 is 2.61 bits per heavy atom. The van der Waals surface area contributed by atoms with Crippen LogP contribution in [0.4, 0.5) is 4.79 Å². The molecule has 0 bridgehead atoms. The molecule has 0 spiro atoms. The Bertz CT molecular complexity index is 1470. The van der Waals surface area contributed by atoms with Gasteiger partial charge in [-0.2, -0.15) is 4.40 Å². The minimum absolute atomic E-state index is 0. The van der Waals surface area contributed by atoms with Crippen LogP contribution in [-0.4, -0.2) is 87.6 Å². The van der Waals surface area contributed by atoms with Crippen molar-refractivity contribution in [2.75, 3.05) is 26.9 Å². The molecule has 2 saturated heterocycles. The molecule has 5 rings (SSSR count). The van der Waals surface area contributed by atoms with Crippen molar-refractivity contribution < 1.29 is 62.2 Å². The van der Waals surface area contributed by atoms with E-state index in [2.05, 4.69) is 30.0 Å². The first-order valence-corrected chi connectivity index (χ1v) is 16.0. The number of aliphatic hydroxyl groups is 1. The van der Waals surface area contributed by atoms with Crippen LogP contribution in [0.25, 0.3) is 4.83 Å². The molecule has 11 nitrogen and oxygen atoms in total. The number of β-lactam (4-membered cyclic amide) rings is 1. The lowest BCUT2D eigenvalue weighted by Gasteiger charge is -2.46. The number of aromatic nitrogens is 2. The van der Waals surface area contributed by atoms with Crippen molar-refractivity contribution in [1.82, 2.24) is 14.2 Å². The van der Waals surface area contributed by atoms with Crippen molar-refractivity contribution in [3.05, 3.63) is 59.0 Å². The molecule has 5 heterocycles. The molecule has 0 radical (unpaired) electrons. The molecule has 0 aliphatic carbocycles. The second kappa shape index (κ2) is 14.4. The molecule has 3 aliphatic heterocycles. The summed E-state index contributed by atoms with van der Waals surface area (Å²) in [5, 5.41) is 10.3. The number of esters is 1. The van der Waals surface area contributed by atoms with Gasteiger partial charge in [0.2, 0.25) is 10.7 Å². The topological polar surface area (TPSA) is 114 Å². The molecule has 0 saturated carbocycles. The average molecular weight is 759 g/mol. The van der Waals surface area contributed by atoms with E-state index in [9.17, 15) is 19.5 Å². The Balaban J connectivity index is 0.00000442. The molecule has 2 fully saturated rings. The second-order valence-corrected chi connectivity index (χ2v) is 13.7. The highest BCUT2D eigenvalue weighted by Crippen LogP contribution is 2.52. The highest BCUT2D eigenvalue weighted by Gasteiger charge is 2.60. The first-order chi connectivity index (χ1) is 20.6. The zero-order valence-electron chi connectivity index (χ0n) is 25.3. The molecule has 14 heteroatoms. The number of halogens is 1. The largest absolute Gasteiger partial charge is 1.00 e. The van der Waals surface area contributed by atoms with Gasteiger partial charge in [-0.15, -0.1) is 11.8 Å². The highest BCUT2D eigenvalue weighted by molar-refractivity contribution is 8.03. The van der Waals surface area contributed by atoms with E-state index in [4.69, 9.17) is 14.2 Å². The maximum atomic E-state index is 13.2. The van der Waals surface area contributed by atoms with Crippen LogP contribution in [0.5, 0.6) is 0 Å². The number of rotatable bonds is 12. The zero-order valence-corrected chi connectivity index (χ0v) is 29.1. The molecular weight excluding hydrogens is 719 g/mol. The van der Waals surface area contributed by atoms with Crippen molar-refractivity contribution >= 4 is 45.9 Å². The van der Waals surface area contributed by atoms with E-state index >= 15 is 0 Å². The van der Waals surface area contributed by atoms with E-state index in [1.54, 1.807) is 36.3 Å². The van der Waals surface area contributed by atoms with Crippen LogP contribution in [0, 0.1) is 18.8 Å². The normalized spacial score (nSPS) is 25.0. The lowest BCUT2D eigenvalue weighted by Crippen LogP contribution is -3.00. The van der Waals surface area contributed by atoms with Crippen LogP contribution in [0.2, 0.25) is 0 Å². The summed E-state index contributed by atoms with van der Waals surface area (Å²) in [6.07, 6.45) is 7.28. The molecule has 2 aromatic rings. The van der Waals surface area contributed by atoms with Crippen molar-refractivity contribution in [3.63, 3.8) is 0 Å². The molecule has 2 amide bonds. The summed E-state index contributed by atoms with van der Waals surface area (Å²) in [4.78, 5) is 45.6. The summed E-state index contributed by atoms with van der Waals surface area (Å²) >= 11 is 3.19. The Labute approximate surface area is 282 Å². The van der Waals surface area contributed by atoms with Crippen LogP contribution in [0.15, 0.2) is 48.3 Å². The Hall–Kier alpha value is -2.40. The first-order valence-electron chi connectivity index (χ1n) is 14.3. The average Bonchev–Trinajstić information content (AvgIpc) is 3.69. The third kappa shape index (κ3) is 6.32. The Kier molecular flexibility index (Phi) is 11.2.